The van der Waals surface area contributed by atoms with Crippen molar-refractivity contribution in [3.05, 3.63) is 12.7 Å². The number of rotatable bonds is 4. The van der Waals surface area contributed by atoms with Crippen molar-refractivity contribution in [2.24, 2.45) is 0 Å². The molecule has 2 amide bonds. The first-order chi connectivity index (χ1) is 8.49. The van der Waals surface area contributed by atoms with Gasteiger partial charge in [0, 0.05) is 19.1 Å². The van der Waals surface area contributed by atoms with Gasteiger partial charge in [0.15, 0.2) is 0 Å². The minimum Gasteiger partial charge on any atom is -0.480 e. The molecule has 1 rings (SSSR count). The van der Waals surface area contributed by atoms with Crippen molar-refractivity contribution in [2.75, 3.05) is 13.1 Å². The van der Waals surface area contributed by atoms with Gasteiger partial charge in [-0.15, -0.1) is 6.58 Å². The lowest BCUT2D eigenvalue weighted by molar-refractivity contribution is -0.143. The predicted molar refractivity (Wildman–Crippen MR) is 69.4 cm³/mol. The van der Waals surface area contributed by atoms with E-state index in [1.807, 2.05) is 13.8 Å². The number of carboxylic acids is 1. The maximum absolute atomic E-state index is 12.4. The summed E-state index contributed by atoms with van der Waals surface area (Å²) in [5.41, 5.74) is 0. The molecule has 0 saturated carbocycles. The summed E-state index contributed by atoms with van der Waals surface area (Å²) in [5, 5.41) is 9.18. The third kappa shape index (κ3) is 3.24. The topological polar surface area (TPSA) is 60.9 Å². The summed E-state index contributed by atoms with van der Waals surface area (Å²) in [6.07, 6.45) is 3.94. The Balaban J connectivity index is 2.83. The molecular weight excluding hydrogens is 232 g/mol. The minimum absolute atomic E-state index is 0.0341. The molecule has 5 nitrogen and oxygen atoms in total. The first-order valence-electron chi connectivity index (χ1n) is 6.40. The Morgan fingerprint density at radius 3 is 2.67 bits per heavy atom. The second-order valence-corrected chi connectivity index (χ2v) is 4.86. The molecule has 1 fully saturated rings. The number of hydrogen-bond acceptors (Lipinski definition) is 2. The Kier molecular flexibility index (Phi) is 5.19. The third-order valence-electron chi connectivity index (χ3n) is 3.23. The van der Waals surface area contributed by atoms with Crippen LogP contribution >= 0.6 is 0 Å². The van der Waals surface area contributed by atoms with Crippen LogP contribution in [0.3, 0.4) is 0 Å². The van der Waals surface area contributed by atoms with E-state index in [2.05, 4.69) is 6.58 Å². The van der Waals surface area contributed by atoms with Gasteiger partial charge >= 0.3 is 12.0 Å². The maximum atomic E-state index is 12.4. The zero-order valence-electron chi connectivity index (χ0n) is 11.1. The Hall–Kier alpha value is -1.52. The molecule has 1 heterocycles. The quantitative estimate of drug-likeness (QED) is 0.780. The van der Waals surface area contributed by atoms with Crippen molar-refractivity contribution in [3.63, 3.8) is 0 Å². The van der Waals surface area contributed by atoms with Crippen LogP contribution in [0.5, 0.6) is 0 Å². The number of likely N-dealkylation sites (tertiary alicyclic amines) is 1. The van der Waals surface area contributed by atoms with E-state index >= 15 is 0 Å². The van der Waals surface area contributed by atoms with Gasteiger partial charge in [0.05, 0.1) is 0 Å². The van der Waals surface area contributed by atoms with Gasteiger partial charge in [-0.1, -0.05) is 6.08 Å². The molecule has 1 aliphatic rings. The molecule has 18 heavy (non-hydrogen) atoms. The molecule has 0 aliphatic carbocycles. The number of piperidine rings is 1. The van der Waals surface area contributed by atoms with Gasteiger partial charge in [-0.3, -0.25) is 0 Å². The van der Waals surface area contributed by atoms with Gasteiger partial charge in [0.2, 0.25) is 0 Å². The van der Waals surface area contributed by atoms with Crippen LogP contribution in [0.2, 0.25) is 0 Å². The smallest absolute Gasteiger partial charge is 0.326 e. The van der Waals surface area contributed by atoms with E-state index in [9.17, 15) is 14.7 Å². The summed E-state index contributed by atoms with van der Waals surface area (Å²) in [6.45, 7) is 8.44. The first-order valence-corrected chi connectivity index (χ1v) is 6.40. The molecule has 0 aromatic heterocycles. The van der Waals surface area contributed by atoms with Gasteiger partial charge in [-0.05, 0) is 33.1 Å². The largest absolute Gasteiger partial charge is 0.480 e. The van der Waals surface area contributed by atoms with Gasteiger partial charge in [-0.25, -0.2) is 9.59 Å². The second kappa shape index (κ2) is 6.42. The van der Waals surface area contributed by atoms with E-state index in [0.29, 0.717) is 19.5 Å². The van der Waals surface area contributed by atoms with Crippen molar-refractivity contribution in [3.8, 4) is 0 Å². The highest BCUT2D eigenvalue weighted by molar-refractivity contribution is 5.83. The molecule has 0 aromatic rings. The van der Waals surface area contributed by atoms with Crippen LogP contribution in [0.25, 0.3) is 0 Å². The third-order valence-corrected chi connectivity index (χ3v) is 3.23. The van der Waals surface area contributed by atoms with Crippen LogP contribution in [0.1, 0.15) is 33.1 Å². The molecule has 1 aliphatic heterocycles. The molecule has 5 heteroatoms. The van der Waals surface area contributed by atoms with Gasteiger partial charge < -0.3 is 14.9 Å². The fourth-order valence-corrected chi connectivity index (χ4v) is 2.23. The number of carboxylic acid groups (broad SMARTS) is 1. The molecule has 0 aromatic carbocycles. The van der Waals surface area contributed by atoms with Crippen LogP contribution in [0, 0.1) is 0 Å². The zero-order chi connectivity index (χ0) is 13.7. The summed E-state index contributed by atoms with van der Waals surface area (Å²) in [7, 11) is 0. The Morgan fingerprint density at radius 1 is 1.50 bits per heavy atom. The minimum atomic E-state index is -0.912. The predicted octanol–water partition coefficient (Wildman–Crippen LogP) is 1.94. The lowest BCUT2D eigenvalue weighted by Gasteiger charge is -2.38. The Labute approximate surface area is 108 Å². The number of aliphatic carboxylic acids is 1. The monoisotopic (exact) mass is 254 g/mol. The summed E-state index contributed by atoms with van der Waals surface area (Å²) >= 11 is 0. The molecule has 102 valence electrons. The Bertz CT molecular complexity index is 328. The molecule has 1 unspecified atom stereocenters. The van der Waals surface area contributed by atoms with E-state index in [1.54, 1.807) is 11.0 Å². The number of carbonyl (C=O) groups excluding carboxylic acids is 1. The summed E-state index contributed by atoms with van der Waals surface area (Å²) in [5.74, 6) is -0.912. The van der Waals surface area contributed by atoms with Gasteiger partial charge in [0.1, 0.15) is 6.04 Å². The zero-order valence-corrected chi connectivity index (χ0v) is 11.1. The lowest BCUT2D eigenvalue weighted by Crippen LogP contribution is -2.54. The summed E-state index contributed by atoms with van der Waals surface area (Å²) < 4.78 is 0. The molecule has 1 saturated heterocycles. The van der Waals surface area contributed by atoms with Crippen LogP contribution in [-0.4, -0.2) is 52.1 Å². The van der Waals surface area contributed by atoms with Gasteiger partial charge in [-0.2, -0.15) is 0 Å². The second-order valence-electron chi connectivity index (χ2n) is 4.86. The van der Waals surface area contributed by atoms with E-state index in [-0.39, 0.29) is 12.1 Å². The van der Waals surface area contributed by atoms with Crippen molar-refractivity contribution in [1.29, 1.82) is 0 Å². The van der Waals surface area contributed by atoms with E-state index in [1.165, 1.54) is 4.90 Å². The maximum Gasteiger partial charge on any atom is 0.326 e. The van der Waals surface area contributed by atoms with E-state index in [0.717, 1.165) is 12.8 Å². The fraction of sp³-hybridized carbons (Fsp3) is 0.692. The lowest BCUT2D eigenvalue weighted by atomic mass is 10.0. The van der Waals surface area contributed by atoms with Crippen LogP contribution in [0.4, 0.5) is 4.79 Å². The van der Waals surface area contributed by atoms with Crippen molar-refractivity contribution in [2.45, 2.75) is 45.2 Å². The van der Waals surface area contributed by atoms with E-state index < -0.39 is 12.0 Å². The summed E-state index contributed by atoms with van der Waals surface area (Å²) in [6, 6.07) is -0.846. The molecular formula is C13H22N2O3. The number of urea groups is 1. The molecule has 0 spiro atoms. The normalized spacial score (nSPS) is 19.7. The van der Waals surface area contributed by atoms with E-state index in [4.69, 9.17) is 0 Å². The summed E-state index contributed by atoms with van der Waals surface area (Å²) in [4.78, 5) is 26.7. The highest BCUT2D eigenvalue weighted by Gasteiger charge is 2.34. The molecule has 1 atom stereocenters. The van der Waals surface area contributed by atoms with Crippen molar-refractivity contribution >= 4 is 12.0 Å². The van der Waals surface area contributed by atoms with Crippen LogP contribution in [0.15, 0.2) is 12.7 Å². The molecule has 0 bridgehead atoms. The highest BCUT2D eigenvalue weighted by atomic mass is 16.4. The van der Waals surface area contributed by atoms with Gasteiger partial charge in [0.25, 0.3) is 0 Å². The number of nitrogens with zero attached hydrogens (tertiary/aromatic N) is 2. The van der Waals surface area contributed by atoms with Crippen LogP contribution < -0.4 is 0 Å². The van der Waals surface area contributed by atoms with Crippen molar-refractivity contribution in [1.82, 2.24) is 9.80 Å². The number of amides is 2. The van der Waals surface area contributed by atoms with Crippen molar-refractivity contribution < 1.29 is 14.7 Å². The average Bonchev–Trinajstić information content (AvgIpc) is 2.34. The number of hydrogen-bond donors (Lipinski definition) is 1. The molecule has 0 radical (unpaired) electrons. The van der Waals surface area contributed by atoms with Crippen LogP contribution in [-0.2, 0) is 4.79 Å². The Morgan fingerprint density at radius 2 is 2.17 bits per heavy atom. The number of carbonyl (C=O) groups is 2. The fourth-order valence-electron chi connectivity index (χ4n) is 2.23. The average molecular weight is 254 g/mol. The highest BCUT2D eigenvalue weighted by Crippen LogP contribution is 2.19. The standard InChI is InChI=1S/C13H22N2O3/c1-4-8-14(10(2)3)13(18)15-9-6-5-7-11(15)12(16)17/h4,10-11H,1,5-9H2,2-3H3,(H,16,17). The first kappa shape index (κ1) is 14.5. The SMILES string of the molecule is C=CCN(C(=O)N1CCCCC1C(=O)O)C(C)C. The molecule has 1 N–H and O–H groups in total.